The SMILES string of the molecule is COc1nsc(OCCOCCOCCOCCOc2nsnc2-c2ccc[n+](C)c2)n1.[I-]. The number of pyridine rings is 1. The monoisotopic (exact) mass is 611 g/mol. The minimum absolute atomic E-state index is 0. The van der Waals surface area contributed by atoms with E-state index in [4.69, 9.17) is 28.4 Å². The standard InChI is InChI=1S/C19H26N5O6S2.HI/c1-24-5-3-4-15(14-24)16-17(22-32-21-16)29-12-10-27-8-6-26-7-9-28-11-13-30-19-20-18(25-2)23-31-19;/h3-5,14H,6-13H2,1-2H3;1H/q+1;/p-1. The fraction of sp³-hybridized carbons (Fsp3) is 0.526. The van der Waals surface area contributed by atoms with Gasteiger partial charge in [0.1, 0.15) is 20.3 Å². The topological polar surface area (TPSA) is 111 Å². The lowest BCUT2D eigenvalue weighted by Gasteiger charge is -2.07. The lowest BCUT2D eigenvalue weighted by atomic mass is 10.2. The summed E-state index contributed by atoms with van der Waals surface area (Å²) < 4.78 is 46.8. The van der Waals surface area contributed by atoms with Gasteiger partial charge in [-0.2, -0.15) is 4.37 Å². The number of halogens is 1. The Bertz CT molecular complexity index is 931. The first-order chi connectivity index (χ1) is 15.8. The van der Waals surface area contributed by atoms with E-state index in [9.17, 15) is 0 Å². The number of ether oxygens (including phenoxy) is 6. The fourth-order valence-electron chi connectivity index (χ4n) is 2.45. The van der Waals surface area contributed by atoms with Crippen molar-refractivity contribution in [3.8, 4) is 28.3 Å². The van der Waals surface area contributed by atoms with Gasteiger partial charge in [0.2, 0.25) is 0 Å². The lowest BCUT2D eigenvalue weighted by Crippen LogP contribution is -3.00. The maximum absolute atomic E-state index is 5.71. The number of nitrogens with zero attached hydrogens (tertiary/aromatic N) is 5. The molecule has 0 saturated heterocycles. The van der Waals surface area contributed by atoms with Crippen molar-refractivity contribution in [3.63, 3.8) is 0 Å². The molecule has 0 amide bonds. The highest BCUT2D eigenvalue weighted by atomic mass is 127. The molecule has 0 N–H and O–H groups in total. The highest BCUT2D eigenvalue weighted by Gasteiger charge is 2.14. The third-order valence-corrected chi connectivity index (χ3v) is 5.03. The number of methoxy groups -OCH3 is 1. The van der Waals surface area contributed by atoms with Crippen LogP contribution in [0.3, 0.4) is 0 Å². The van der Waals surface area contributed by atoms with Crippen LogP contribution in [0.5, 0.6) is 17.1 Å². The molecule has 0 aliphatic carbocycles. The molecule has 0 spiro atoms. The van der Waals surface area contributed by atoms with Crippen LogP contribution in [0.4, 0.5) is 0 Å². The van der Waals surface area contributed by atoms with Crippen LogP contribution in [0.15, 0.2) is 24.5 Å². The second-order valence-electron chi connectivity index (χ2n) is 6.26. The van der Waals surface area contributed by atoms with Crippen molar-refractivity contribution < 1.29 is 57.0 Å². The number of rotatable bonds is 16. The Morgan fingerprint density at radius 1 is 0.879 bits per heavy atom. The number of aromatic nitrogens is 5. The molecule has 14 heteroatoms. The van der Waals surface area contributed by atoms with E-state index >= 15 is 0 Å². The van der Waals surface area contributed by atoms with Gasteiger partial charge in [0.05, 0.1) is 64.0 Å². The van der Waals surface area contributed by atoms with Crippen LogP contribution in [0.1, 0.15) is 0 Å². The van der Waals surface area contributed by atoms with Gasteiger partial charge < -0.3 is 52.4 Å². The summed E-state index contributed by atoms with van der Waals surface area (Å²) in [7, 11) is 3.47. The third-order valence-electron chi connectivity index (χ3n) is 3.91. The van der Waals surface area contributed by atoms with Crippen LogP contribution in [-0.2, 0) is 21.3 Å². The van der Waals surface area contributed by atoms with E-state index in [1.54, 1.807) is 0 Å². The summed E-state index contributed by atoms with van der Waals surface area (Å²) in [6, 6.07) is 4.24. The van der Waals surface area contributed by atoms with E-state index in [1.165, 1.54) is 7.11 Å². The summed E-state index contributed by atoms with van der Waals surface area (Å²) in [4.78, 5) is 4.01. The highest BCUT2D eigenvalue weighted by molar-refractivity contribution is 7.07. The molecule has 0 saturated carbocycles. The van der Waals surface area contributed by atoms with Crippen LogP contribution in [0.25, 0.3) is 11.3 Å². The molecular weight excluding hydrogens is 585 g/mol. The molecule has 182 valence electrons. The summed E-state index contributed by atoms with van der Waals surface area (Å²) in [5, 5.41) is 0.458. The van der Waals surface area contributed by atoms with Crippen LogP contribution >= 0.6 is 23.3 Å². The first-order valence-electron chi connectivity index (χ1n) is 9.91. The number of hydrogen-bond acceptors (Lipinski definition) is 12. The summed E-state index contributed by atoms with van der Waals surface area (Å²) in [6.07, 6.45) is 3.93. The van der Waals surface area contributed by atoms with E-state index < -0.39 is 0 Å². The molecule has 0 fully saturated rings. The van der Waals surface area contributed by atoms with E-state index in [-0.39, 0.29) is 24.0 Å². The van der Waals surface area contributed by atoms with Crippen LogP contribution in [-0.4, -0.2) is 78.1 Å². The van der Waals surface area contributed by atoms with Crippen LogP contribution < -0.4 is 42.8 Å². The molecule has 33 heavy (non-hydrogen) atoms. The smallest absolute Gasteiger partial charge is 0.331 e. The molecule has 0 aliphatic rings. The summed E-state index contributed by atoms with van der Waals surface area (Å²) in [6.45, 7) is 3.57. The molecule has 3 heterocycles. The van der Waals surface area contributed by atoms with Crippen molar-refractivity contribution in [2.45, 2.75) is 0 Å². The minimum Gasteiger partial charge on any atom is -1.00 e. The Balaban J connectivity index is 0.00000385. The molecule has 0 bridgehead atoms. The van der Waals surface area contributed by atoms with Gasteiger partial charge >= 0.3 is 6.01 Å². The number of aryl methyl sites for hydroxylation is 1. The minimum atomic E-state index is 0. The van der Waals surface area contributed by atoms with Crippen molar-refractivity contribution in [2.24, 2.45) is 7.05 Å². The van der Waals surface area contributed by atoms with Gasteiger partial charge in [-0.3, -0.25) is 0 Å². The second-order valence-corrected chi connectivity index (χ2v) is 7.50. The first-order valence-corrected chi connectivity index (χ1v) is 11.4. The van der Waals surface area contributed by atoms with Crippen LogP contribution in [0.2, 0.25) is 0 Å². The maximum Gasteiger partial charge on any atom is 0.331 e. The molecule has 0 unspecified atom stereocenters. The largest absolute Gasteiger partial charge is 1.00 e. The van der Waals surface area contributed by atoms with Gasteiger partial charge in [0, 0.05) is 17.6 Å². The van der Waals surface area contributed by atoms with Crippen LogP contribution in [0, 0.1) is 0 Å². The predicted octanol–water partition coefficient (Wildman–Crippen LogP) is -1.60. The average molecular weight is 611 g/mol. The summed E-state index contributed by atoms with van der Waals surface area (Å²) in [5.41, 5.74) is 1.70. The molecular formula is C19H26IN5O6S2. The van der Waals surface area contributed by atoms with Crippen molar-refractivity contribution in [1.29, 1.82) is 0 Å². The molecule has 0 aromatic carbocycles. The lowest BCUT2D eigenvalue weighted by molar-refractivity contribution is -0.671. The second kappa shape index (κ2) is 16.0. The Labute approximate surface area is 217 Å². The molecule has 0 radical (unpaired) electrons. The van der Waals surface area contributed by atoms with E-state index in [0.29, 0.717) is 69.9 Å². The molecule has 3 aromatic heterocycles. The van der Waals surface area contributed by atoms with E-state index in [0.717, 1.165) is 34.5 Å². The zero-order chi connectivity index (χ0) is 22.4. The van der Waals surface area contributed by atoms with Gasteiger partial charge in [-0.25, -0.2) is 4.57 Å². The van der Waals surface area contributed by atoms with Gasteiger partial charge in [-0.05, 0) is 6.07 Å². The van der Waals surface area contributed by atoms with Crippen molar-refractivity contribution >= 4 is 23.3 Å². The Morgan fingerprint density at radius 3 is 2.18 bits per heavy atom. The zero-order valence-electron chi connectivity index (χ0n) is 18.3. The van der Waals surface area contributed by atoms with E-state index in [1.807, 2.05) is 36.1 Å². The first kappa shape index (κ1) is 27.5. The normalized spacial score (nSPS) is 10.6. The molecule has 0 atom stereocenters. The Hall–Kier alpha value is -1.72. The number of hydrogen-bond donors (Lipinski definition) is 0. The summed E-state index contributed by atoms with van der Waals surface area (Å²) in [5.74, 6) is 0.521. The molecule has 3 rings (SSSR count). The fourth-order valence-corrected chi connectivity index (χ4v) is 3.49. The Kier molecular flexibility index (Phi) is 13.3. The highest BCUT2D eigenvalue weighted by Crippen LogP contribution is 2.26. The van der Waals surface area contributed by atoms with Gasteiger partial charge in [0.15, 0.2) is 18.1 Å². The summed E-state index contributed by atoms with van der Waals surface area (Å²) >= 11 is 2.26. The average Bonchev–Trinajstić information content (AvgIpc) is 3.46. The van der Waals surface area contributed by atoms with Crippen molar-refractivity contribution in [1.82, 2.24) is 18.1 Å². The van der Waals surface area contributed by atoms with Gasteiger partial charge in [-0.15, -0.1) is 13.7 Å². The van der Waals surface area contributed by atoms with E-state index in [2.05, 4.69) is 18.1 Å². The molecule has 3 aromatic rings. The van der Waals surface area contributed by atoms with Gasteiger partial charge in [0.25, 0.3) is 11.1 Å². The maximum atomic E-state index is 5.71. The van der Waals surface area contributed by atoms with Gasteiger partial charge in [-0.1, -0.05) is 0 Å². The van der Waals surface area contributed by atoms with Crippen molar-refractivity contribution in [3.05, 3.63) is 24.5 Å². The third kappa shape index (κ3) is 9.97. The predicted molar refractivity (Wildman–Crippen MR) is 116 cm³/mol. The van der Waals surface area contributed by atoms with Crippen molar-refractivity contribution in [2.75, 3.05) is 60.0 Å². The molecule has 11 nitrogen and oxygen atoms in total. The molecule has 0 aliphatic heterocycles. The quantitative estimate of drug-likeness (QED) is 0.107. The Morgan fingerprint density at radius 2 is 1.55 bits per heavy atom. The zero-order valence-corrected chi connectivity index (χ0v) is 22.1.